The van der Waals surface area contributed by atoms with Gasteiger partial charge in [-0.05, 0) is 68.7 Å². The summed E-state index contributed by atoms with van der Waals surface area (Å²) in [7, 11) is 0. The Kier molecular flexibility index (Phi) is 11.2. The standard InChI is InChI=1S/C58H58N3O2.Pt/c1-55(2,3)38-25-26-48(43(30-38)35-19-14-13-15-20-35)61-49-23-18-22-41(52(49)60-54(61)45-31-40(57(7,8)9)32-46(53(45)62)58(10,11)12)36-27-37(29-39(28-36)56(4,5)6)47-33-44-42-21-16-17-24-50(42)63-51(44)34-59-47;/h13-26,28-34,62H,1-12H3;/q-1;. The van der Waals surface area contributed by atoms with Gasteiger partial charge < -0.3 is 9.52 Å². The number of nitrogens with zero attached hydrogens (tertiary/aromatic N) is 3. The molecule has 0 spiro atoms. The van der Waals surface area contributed by atoms with E-state index in [9.17, 15) is 5.11 Å². The van der Waals surface area contributed by atoms with Crippen LogP contribution in [0.5, 0.6) is 5.75 Å². The predicted octanol–water partition coefficient (Wildman–Crippen LogP) is 15.7. The fraction of sp³-hybridized carbons (Fsp3) is 0.276. The van der Waals surface area contributed by atoms with Crippen LogP contribution in [-0.2, 0) is 42.7 Å². The number of imidazole rings is 1. The average Bonchev–Trinajstić information content (AvgIpc) is 3.80. The Hall–Kier alpha value is -5.77. The summed E-state index contributed by atoms with van der Waals surface area (Å²) in [6.45, 7) is 26.7. The van der Waals surface area contributed by atoms with Crippen molar-refractivity contribution in [3.63, 3.8) is 0 Å². The molecule has 0 amide bonds. The van der Waals surface area contributed by atoms with Gasteiger partial charge in [-0.1, -0.05) is 173 Å². The van der Waals surface area contributed by atoms with Crippen LogP contribution in [0.4, 0.5) is 0 Å². The molecule has 0 aliphatic rings. The van der Waals surface area contributed by atoms with Gasteiger partial charge in [0, 0.05) is 48.7 Å². The van der Waals surface area contributed by atoms with Crippen LogP contribution >= 0.6 is 0 Å². The molecule has 0 unspecified atom stereocenters. The van der Waals surface area contributed by atoms with Crippen molar-refractivity contribution in [2.75, 3.05) is 0 Å². The fourth-order valence-corrected chi connectivity index (χ4v) is 8.66. The number of hydrogen-bond donors (Lipinski definition) is 1. The maximum atomic E-state index is 12.5. The smallest absolute Gasteiger partial charge is 0.152 e. The van der Waals surface area contributed by atoms with Gasteiger partial charge in [0.05, 0.1) is 28.5 Å². The number of rotatable bonds is 5. The van der Waals surface area contributed by atoms with Gasteiger partial charge in [-0.15, -0.1) is 29.3 Å². The number of hydrogen-bond acceptors (Lipinski definition) is 4. The van der Waals surface area contributed by atoms with Crippen LogP contribution in [0.3, 0.4) is 0 Å². The van der Waals surface area contributed by atoms with Gasteiger partial charge in [0.2, 0.25) is 0 Å². The molecule has 3 aromatic heterocycles. The van der Waals surface area contributed by atoms with E-state index < -0.39 is 0 Å². The summed E-state index contributed by atoms with van der Waals surface area (Å²) in [6, 6.07) is 46.7. The molecule has 9 aromatic rings. The number of aromatic nitrogens is 3. The van der Waals surface area contributed by atoms with Crippen LogP contribution in [0.15, 0.2) is 132 Å². The molecule has 0 saturated carbocycles. The molecule has 0 saturated heterocycles. The third kappa shape index (κ3) is 8.13. The van der Waals surface area contributed by atoms with Crippen LogP contribution in [-0.4, -0.2) is 19.6 Å². The first-order chi connectivity index (χ1) is 29.7. The molecule has 64 heavy (non-hydrogen) atoms. The van der Waals surface area contributed by atoms with E-state index in [1.165, 1.54) is 5.56 Å². The van der Waals surface area contributed by atoms with E-state index in [0.717, 1.165) is 88.9 Å². The van der Waals surface area contributed by atoms with Gasteiger partial charge in [-0.25, -0.2) is 4.98 Å². The Morgan fingerprint density at radius 3 is 1.88 bits per heavy atom. The van der Waals surface area contributed by atoms with Crippen LogP contribution in [0.2, 0.25) is 0 Å². The van der Waals surface area contributed by atoms with Crippen molar-refractivity contribution in [2.24, 2.45) is 0 Å². The second-order valence-electron chi connectivity index (χ2n) is 21.3. The van der Waals surface area contributed by atoms with Crippen molar-refractivity contribution in [3.8, 4) is 56.3 Å². The monoisotopic (exact) mass is 1020 g/mol. The number of pyridine rings is 1. The van der Waals surface area contributed by atoms with E-state index in [1.807, 2.05) is 24.4 Å². The van der Waals surface area contributed by atoms with Gasteiger partial charge in [0.25, 0.3) is 0 Å². The van der Waals surface area contributed by atoms with Crippen molar-refractivity contribution in [2.45, 2.75) is 105 Å². The zero-order valence-corrected chi connectivity index (χ0v) is 41.4. The Bertz CT molecular complexity index is 3220. The number of furan rings is 1. The number of benzene rings is 6. The Morgan fingerprint density at radius 1 is 0.547 bits per heavy atom. The van der Waals surface area contributed by atoms with Crippen molar-refractivity contribution >= 4 is 33.0 Å². The average molecular weight is 1020 g/mol. The summed E-state index contributed by atoms with van der Waals surface area (Å²) in [5, 5.41) is 14.6. The van der Waals surface area contributed by atoms with Crippen LogP contribution in [0, 0.1) is 6.07 Å². The molecule has 0 radical (unpaired) electrons. The van der Waals surface area contributed by atoms with Crippen LogP contribution < -0.4 is 0 Å². The first-order valence-electron chi connectivity index (χ1n) is 22.1. The molecule has 0 atom stereocenters. The number of para-hydroxylation sites is 2. The molecule has 6 aromatic carbocycles. The summed E-state index contributed by atoms with van der Waals surface area (Å²) in [6.07, 6.45) is 1.83. The van der Waals surface area contributed by atoms with E-state index in [1.54, 1.807) is 0 Å². The zero-order valence-electron chi connectivity index (χ0n) is 39.1. The Balaban J connectivity index is 0.00000560. The first kappa shape index (κ1) is 44.8. The van der Waals surface area contributed by atoms with Gasteiger partial charge in [0.15, 0.2) is 5.58 Å². The molecule has 0 fully saturated rings. The minimum absolute atomic E-state index is 0. The summed E-state index contributed by atoms with van der Waals surface area (Å²) in [4.78, 5) is 10.6. The Morgan fingerprint density at radius 2 is 1.19 bits per heavy atom. The molecular weight excluding hydrogens is 966 g/mol. The molecule has 9 rings (SSSR count). The van der Waals surface area contributed by atoms with Gasteiger partial charge in [-0.3, -0.25) is 9.55 Å². The molecule has 0 aliphatic carbocycles. The topological polar surface area (TPSA) is 64.1 Å². The minimum Gasteiger partial charge on any atom is -0.507 e. The van der Waals surface area contributed by atoms with Crippen molar-refractivity contribution in [1.29, 1.82) is 0 Å². The van der Waals surface area contributed by atoms with Crippen LogP contribution in [0.25, 0.3) is 83.6 Å². The summed E-state index contributed by atoms with van der Waals surface area (Å²) in [5.41, 5.74) is 14.5. The molecule has 328 valence electrons. The van der Waals surface area contributed by atoms with Gasteiger partial charge >= 0.3 is 0 Å². The molecule has 3 heterocycles. The van der Waals surface area contributed by atoms with Crippen molar-refractivity contribution in [3.05, 3.63) is 156 Å². The van der Waals surface area contributed by atoms with E-state index in [4.69, 9.17) is 14.4 Å². The summed E-state index contributed by atoms with van der Waals surface area (Å²) >= 11 is 0. The number of fused-ring (bicyclic) bond motifs is 4. The molecule has 5 nitrogen and oxygen atoms in total. The SMILES string of the molecule is CC(C)(C)c1cc(-c2cc3c(cn2)oc2ccccc23)[c-]c(-c2cccc3c2nc(-c2cc(C(C)(C)C)cc(C(C)(C)C)c2O)n3-c2ccc(C(C)(C)C)cc2-c2ccccc2)c1.[Pt]. The summed E-state index contributed by atoms with van der Waals surface area (Å²) < 4.78 is 8.44. The second kappa shape index (κ2) is 16.0. The second-order valence-corrected chi connectivity index (χ2v) is 21.3. The maximum Gasteiger partial charge on any atom is 0.152 e. The third-order valence-corrected chi connectivity index (χ3v) is 12.5. The number of aromatic hydroxyl groups is 1. The van der Waals surface area contributed by atoms with Crippen molar-refractivity contribution < 1.29 is 30.6 Å². The largest absolute Gasteiger partial charge is 0.507 e. The maximum absolute atomic E-state index is 12.5. The molecular formula is C58H58N3O2Pt-. The molecule has 0 aliphatic heterocycles. The van der Waals surface area contributed by atoms with E-state index in [2.05, 4.69) is 197 Å². The van der Waals surface area contributed by atoms with Gasteiger partial charge in [-0.2, -0.15) is 0 Å². The normalized spacial score (nSPS) is 12.6. The first-order valence-corrected chi connectivity index (χ1v) is 22.1. The van der Waals surface area contributed by atoms with E-state index in [-0.39, 0.29) is 48.5 Å². The van der Waals surface area contributed by atoms with Gasteiger partial charge in [0.1, 0.15) is 17.2 Å². The quantitative estimate of drug-likeness (QED) is 0.175. The molecule has 0 bridgehead atoms. The molecule has 1 N–H and O–H groups in total. The molecule has 6 heteroatoms. The third-order valence-electron chi connectivity index (χ3n) is 12.5. The summed E-state index contributed by atoms with van der Waals surface area (Å²) in [5.74, 6) is 0.927. The van der Waals surface area contributed by atoms with E-state index >= 15 is 0 Å². The zero-order chi connectivity index (χ0) is 44.8. The fourth-order valence-electron chi connectivity index (χ4n) is 8.66. The van der Waals surface area contributed by atoms with E-state index in [0.29, 0.717) is 11.4 Å². The Labute approximate surface area is 392 Å². The number of phenols is 1. The van der Waals surface area contributed by atoms with Crippen LogP contribution in [0.1, 0.15) is 105 Å². The number of phenolic OH excluding ortho intramolecular Hbond substituents is 1. The van der Waals surface area contributed by atoms with Crippen molar-refractivity contribution in [1.82, 2.24) is 14.5 Å². The minimum atomic E-state index is -0.329. The predicted molar refractivity (Wildman–Crippen MR) is 263 cm³/mol.